The highest BCUT2D eigenvalue weighted by Gasteiger charge is 2.27. The highest BCUT2D eigenvalue weighted by Crippen LogP contribution is 2.29. The van der Waals surface area contributed by atoms with Gasteiger partial charge < -0.3 is 14.8 Å². The zero-order valence-electron chi connectivity index (χ0n) is 16.2. The number of alkyl carbamates (subject to hydrolysis) is 1. The van der Waals surface area contributed by atoms with E-state index < -0.39 is 17.8 Å². The van der Waals surface area contributed by atoms with Crippen LogP contribution in [0.4, 0.5) is 15.3 Å². The normalized spacial score (nSPS) is 15.1. The van der Waals surface area contributed by atoms with Gasteiger partial charge in [0.2, 0.25) is 0 Å². The largest absolute Gasteiger partial charge is 0.446 e. The molecule has 1 aromatic carbocycles. The van der Waals surface area contributed by atoms with Crippen LogP contribution < -0.4 is 10.3 Å². The van der Waals surface area contributed by atoms with Crippen molar-refractivity contribution >= 4 is 33.8 Å². The molecule has 0 atom stereocenters. The molecule has 1 heterocycles. The molecule has 0 bridgehead atoms. The Hall–Kier alpha value is -1.80. The molecule has 1 N–H and O–H groups in total. The van der Waals surface area contributed by atoms with Crippen LogP contribution in [0, 0.1) is 0 Å². The minimum absolute atomic E-state index is 0.0624. The maximum Gasteiger partial charge on any atom is 0.429 e. The van der Waals surface area contributed by atoms with Crippen molar-refractivity contribution in [2.75, 3.05) is 31.3 Å². The van der Waals surface area contributed by atoms with E-state index in [-0.39, 0.29) is 13.2 Å². The molecule has 1 aliphatic heterocycles. The van der Waals surface area contributed by atoms with E-state index in [1.807, 2.05) is 29.3 Å². The van der Waals surface area contributed by atoms with E-state index in [0.717, 1.165) is 42.5 Å². The molecule has 1 aliphatic rings. The van der Waals surface area contributed by atoms with E-state index in [1.165, 1.54) is 0 Å². The molecule has 1 aromatic rings. The fraction of sp³-hybridized carbons (Fsp3) is 0.579. The second kappa shape index (κ2) is 9.94. The maximum atomic E-state index is 12.8. The number of hydrogen-bond acceptors (Lipinski definition) is 5. The van der Waals surface area contributed by atoms with E-state index in [4.69, 9.17) is 9.47 Å². The van der Waals surface area contributed by atoms with Gasteiger partial charge in [-0.3, -0.25) is 0 Å². The number of carbonyl (C=O) groups is 2. The molecule has 7 nitrogen and oxygen atoms in total. The number of rotatable bonds is 5. The number of ether oxygens (including phenoxy) is 2. The van der Waals surface area contributed by atoms with Crippen molar-refractivity contribution in [3.63, 3.8) is 0 Å². The molecule has 0 aliphatic carbocycles. The summed E-state index contributed by atoms with van der Waals surface area (Å²) in [5, 5.41) is 6.17. The summed E-state index contributed by atoms with van der Waals surface area (Å²) in [7, 11) is 0. The van der Waals surface area contributed by atoms with Gasteiger partial charge in [0.05, 0.1) is 12.2 Å². The number of nitrogens with zero attached hydrogens (tertiary/aromatic N) is 2. The molecule has 0 aromatic heterocycles. The van der Waals surface area contributed by atoms with Gasteiger partial charge >= 0.3 is 12.2 Å². The summed E-state index contributed by atoms with van der Waals surface area (Å²) in [5.74, 6) is 0. The van der Waals surface area contributed by atoms with Crippen molar-refractivity contribution in [3.8, 4) is 0 Å². The monoisotopic (exact) mass is 441 g/mol. The SMILES string of the molecule is CC(C)(C)OC(=O)NCCOC(=O)N(c1ccccc1Br)N1CCCCC1. The van der Waals surface area contributed by atoms with E-state index in [2.05, 4.69) is 21.2 Å². The topological polar surface area (TPSA) is 71.1 Å². The van der Waals surface area contributed by atoms with Crippen molar-refractivity contribution in [2.45, 2.75) is 45.6 Å². The third-order valence-electron chi connectivity index (χ3n) is 3.86. The molecule has 150 valence electrons. The minimum atomic E-state index is -0.564. The number of hydrogen-bond donors (Lipinski definition) is 1. The Morgan fingerprint density at radius 2 is 1.85 bits per heavy atom. The molecule has 1 fully saturated rings. The molecular weight excluding hydrogens is 414 g/mol. The number of para-hydroxylation sites is 1. The molecule has 0 saturated carbocycles. The highest BCUT2D eigenvalue weighted by atomic mass is 79.9. The third kappa shape index (κ3) is 7.03. The molecule has 2 rings (SSSR count). The average Bonchev–Trinajstić information content (AvgIpc) is 2.60. The number of halogens is 1. The van der Waals surface area contributed by atoms with Gasteiger partial charge in [0, 0.05) is 17.6 Å². The van der Waals surface area contributed by atoms with Gasteiger partial charge in [-0.2, -0.15) is 0 Å². The lowest BCUT2D eigenvalue weighted by molar-refractivity contribution is 0.0510. The van der Waals surface area contributed by atoms with Gasteiger partial charge in [-0.05, 0) is 61.7 Å². The summed E-state index contributed by atoms with van der Waals surface area (Å²) in [6.45, 7) is 7.22. The van der Waals surface area contributed by atoms with E-state index in [9.17, 15) is 9.59 Å². The van der Waals surface area contributed by atoms with E-state index >= 15 is 0 Å². The van der Waals surface area contributed by atoms with E-state index in [1.54, 1.807) is 25.8 Å². The Bertz CT molecular complexity index is 642. The summed E-state index contributed by atoms with van der Waals surface area (Å²) < 4.78 is 11.4. The number of hydrazine groups is 1. The Morgan fingerprint density at radius 3 is 2.48 bits per heavy atom. The Morgan fingerprint density at radius 1 is 1.19 bits per heavy atom. The Balaban J connectivity index is 1.94. The maximum absolute atomic E-state index is 12.8. The first-order chi connectivity index (χ1) is 12.8. The number of carbonyl (C=O) groups excluding carboxylic acids is 2. The fourth-order valence-corrected chi connectivity index (χ4v) is 3.19. The lowest BCUT2D eigenvalue weighted by Crippen LogP contribution is -2.50. The summed E-state index contributed by atoms with van der Waals surface area (Å²) in [6, 6.07) is 7.55. The van der Waals surface area contributed by atoms with Crippen LogP contribution in [0.2, 0.25) is 0 Å². The van der Waals surface area contributed by atoms with Crippen LogP contribution in [0.5, 0.6) is 0 Å². The summed E-state index contributed by atoms with van der Waals surface area (Å²) in [4.78, 5) is 24.4. The van der Waals surface area contributed by atoms with Gasteiger partial charge in [0.25, 0.3) is 0 Å². The van der Waals surface area contributed by atoms with Gasteiger partial charge in [-0.25, -0.2) is 19.6 Å². The molecule has 0 unspecified atom stereocenters. The van der Waals surface area contributed by atoms with Crippen LogP contribution in [0.25, 0.3) is 0 Å². The molecule has 8 heteroatoms. The second-order valence-electron chi connectivity index (χ2n) is 7.32. The number of anilines is 1. The standard InChI is InChI=1S/C19H28BrN3O4/c1-19(2,3)27-17(24)21-11-14-26-18(25)23(22-12-7-4-8-13-22)16-10-6-5-9-15(16)20/h5-6,9-10H,4,7-8,11-14H2,1-3H3,(H,21,24). The number of benzene rings is 1. The quantitative estimate of drug-likeness (QED) is 0.688. The predicted octanol–water partition coefficient (Wildman–Crippen LogP) is 4.32. The lowest BCUT2D eigenvalue weighted by atomic mass is 10.1. The molecule has 2 amide bonds. The highest BCUT2D eigenvalue weighted by molar-refractivity contribution is 9.10. The summed E-state index contributed by atoms with van der Waals surface area (Å²) in [5.41, 5.74) is 0.176. The van der Waals surface area contributed by atoms with Crippen LogP contribution in [-0.2, 0) is 9.47 Å². The van der Waals surface area contributed by atoms with Crippen molar-refractivity contribution in [1.29, 1.82) is 0 Å². The summed E-state index contributed by atoms with van der Waals surface area (Å²) >= 11 is 3.51. The van der Waals surface area contributed by atoms with Gasteiger partial charge in [0.1, 0.15) is 12.2 Å². The second-order valence-corrected chi connectivity index (χ2v) is 8.17. The van der Waals surface area contributed by atoms with Gasteiger partial charge in [-0.15, -0.1) is 0 Å². The Kier molecular flexibility index (Phi) is 7.91. The number of piperidine rings is 1. The zero-order valence-corrected chi connectivity index (χ0v) is 17.8. The molecule has 0 spiro atoms. The van der Waals surface area contributed by atoms with Crippen LogP contribution in [0.1, 0.15) is 40.0 Å². The molecular formula is C19H28BrN3O4. The minimum Gasteiger partial charge on any atom is -0.446 e. The number of amides is 2. The van der Waals surface area contributed by atoms with E-state index in [0.29, 0.717) is 0 Å². The van der Waals surface area contributed by atoms with Crippen LogP contribution >= 0.6 is 15.9 Å². The first-order valence-electron chi connectivity index (χ1n) is 9.21. The first kappa shape index (κ1) is 21.5. The molecule has 27 heavy (non-hydrogen) atoms. The Labute approximate surface area is 169 Å². The summed E-state index contributed by atoms with van der Waals surface area (Å²) in [6.07, 6.45) is 2.24. The smallest absolute Gasteiger partial charge is 0.429 e. The molecule has 0 radical (unpaired) electrons. The lowest BCUT2D eigenvalue weighted by Gasteiger charge is -2.36. The van der Waals surface area contributed by atoms with Gasteiger partial charge in [0.15, 0.2) is 0 Å². The van der Waals surface area contributed by atoms with Crippen molar-refractivity contribution in [1.82, 2.24) is 10.3 Å². The van der Waals surface area contributed by atoms with Crippen LogP contribution in [-0.4, -0.2) is 49.0 Å². The van der Waals surface area contributed by atoms with Gasteiger partial charge in [-0.1, -0.05) is 18.6 Å². The fourth-order valence-electron chi connectivity index (χ4n) is 2.73. The predicted molar refractivity (Wildman–Crippen MR) is 108 cm³/mol. The number of nitrogens with one attached hydrogen (secondary N) is 1. The average molecular weight is 442 g/mol. The zero-order chi connectivity index (χ0) is 19.9. The first-order valence-corrected chi connectivity index (χ1v) is 10.0. The van der Waals surface area contributed by atoms with Crippen LogP contribution in [0.15, 0.2) is 28.7 Å². The molecule has 1 saturated heterocycles. The third-order valence-corrected chi connectivity index (χ3v) is 4.54. The van der Waals surface area contributed by atoms with Crippen molar-refractivity contribution in [3.05, 3.63) is 28.7 Å². The van der Waals surface area contributed by atoms with Crippen molar-refractivity contribution < 1.29 is 19.1 Å². The van der Waals surface area contributed by atoms with Crippen LogP contribution in [0.3, 0.4) is 0 Å². The van der Waals surface area contributed by atoms with Crippen molar-refractivity contribution in [2.24, 2.45) is 0 Å².